The van der Waals surface area contributed by atoms with Crippen LogP contribution >= 0.6 is 0 Å². The molecule has 160 valence electrons. The maximum atomic E-state index is 12.2. The zero-order valence-corrected chi connectivity index (χ0v) is 16.5. The lowest BCUT2D eigenvalue weighted by Gasteiger charge is -2.25. The first-order chi connectivity index (χ1) is 13.8. The SMILES string of the molecule is CCOC(=O)C(C(=O)OCC)=C1NC(=O)NC(=C(C(=O)OCC)C(=O)OCC)N1. The molecule has 0 radical (unpaired) electrons. The summed E-state index contributed by atoms with van der Waals surface area (Å²) in [5.41, 5.74) is -1.32. The van der Waals surface area contributed by atoms with Crippen molar-refractivity contribution in [2.45, 2.75) is 27.7 Å². The van der Waals surface area contributed by atoms with Gasteiger partial charge in [0.1, 0.15) is 11.6 Å². The Hall–Kier alpha value is -3.57. The van der Waals surface area contributed by atoms with Gasteiger partial charge in [0.25, 0.3) is 0 Å². The topological polar surface area (TPSA) is 158 Å². The fraction of sp³-hybridized carbons (Fsp3) is 0.471. The van der Waals surface area contributed by atoms with E-state index in [0.29, 0.717) is 0 Å². The molecule has 2 amide bonds. The van der Waals surface area contributed by atoms with Gasteiger partial charge in [-0.2, -0.15) is 0 Å². The molecule has 1 aliphatic rings. The highest BCUT2D eigenvalue weighted by Gasteiger charge is 2.34. The third-order valence-corrected chi connectivity index (χ3v) is 3.15. The molecule has 1 rings (SSSR count). The Kier molecular flexibility index (Phi) is 9.16. The lowest BCUT2D eigenvalue weighted by molar-refractivity contribution is -0.148. The van der Waals surface area contributed by atoms with Gasteiger partial charge in [0.2, 0.25) is 0 Å². The van der Waals surface area contributed by atoms with Gasteiger partial charge < -0.3 is 24.3 Å². The maximum absolute atomic E-state index is 12.2. The molecule has 12 heteroatoms. The van der Waals surface area contributed by atoms with Crippen LogP contribution in [-0.4, -0.2) is 56.3 Å². The van der Waals surface area contributed by atoms with E-state index in [9.17, 15) is 24.0 Å². The molecule has 1 aliphatic heterocycles. The van der Waals surface area contributed by atoms with Crippen LogP contribution in [0.15, 0.2) is 22.8 Å². The zero-order valence-electron chi connectivity index (χ0n) is 16.5. The van der Waals surface area contributed by atoms with Crippen LogP contribution in [0.1, 0.15) is 27.7 Å². The number of carbonyl (C=O) groups excluding carboxylic acids is 5. The summed E-state index contributed by atoms with van der Waals surface area (Å²) in [7, 11) is 0. The summed E-state index contributed by atoms with van der Waals surface area (Å²) >= 11 is 0. The molecule has 0 aromatic rings. The van der Waals surface area contributed by atoms with Crippen molar-refractivity contribution in [1.29, 1.82) is 0 Å². The summed E-state index contributed by atoms with van der Waals surface area (Å²) in [5.74, 6) is -5.20. The van der Waals surface area contributed by atoms with E-state index in [4.69, 9.17) is 18.9 Å². The van der Waals surface area contributed by atoms with Crippen LogP contribution in [0.25, 0.3) is 0 Å². The Balaban J connectivity index is 3.55. The van der Waals surface area contributed by atoms with Gasteiger partial charge in [-0.25, -0.2) is 24.0 Å². The third-order valence-electron chi connectivity index (χ3n) is 3.15. The molecule has 0 bridgehead atoms. The second-order valence-corrected chi connectivity index (χ2v) is 5.09. The number of carbonyl (C=O) groups is 5. The fourth-order valence-electron chi connectivity index (χ4n) is 2.08. The standard InChI is InChI=1S/C17H23N3O9/c1-5-26-13(21)9(14(22)27-6-2)11-18-12(20-17(25)19-11)10(15(23)28-7-3)16(24)29-8-4/h18H,5-8H2,1-4H3,(H2,19,20,25). The molecule has 29 heavy (non-hydrogen) atoms. The van der Waals surface area contributed by atoms with Crippen LogP contribution in [0.2, 0.25) is 0 Å². The number of nitrogens with one attached hydrogen (secondary N) is 3. The predicted octanol–water partition coefficient (Wildman–Crippen LogP) is -0.436. The van der Waals surface area contributed by atoms with Gasteiger partial charge in [-0.1, -0.05) is 0 Å². The van der Waals surface area contributed by atoms with E-state index in [1.807, 2.05) is 0 Å². The van der Waals surface area contributed by atoms with E-state index in [2.05, 4.69) is 16.0 Å². The van der Waals surface area contributed by atoms with Gasteiger partial charge in [0, 0.05) is 0 Å². The first-order valence-corrected chi connectivity index (χ1v) is 8.82. The van der Waals surface area contributed by atoms with Crippen molar-refractivity contribution in [3.05, 3.63) is 22.8 Å². The van der Waals surface area contributed by atoms with E-state index in [1.165, 1.54) is 27.7 Å². The average Bonchev–Trinajstić information content (AvgIpc) is 2.62. The normalized spacial score (nSPS) is 12.6. The van der Waals surface area contributed by atoms with E-state index in [1.54, 1.807) is 0 Å². The largest absolute Gasteiger partial charge is 0.462 e. The number of hydrogen-bond acceptors (Lipinski definition) is 10. The molecule has 3 N–H and O–H groups in total. The van der Waals surface area contributed by atoms with Crippen molar-refractivity contribution in [3.8, 4) is 0 Å². The Morgan fingerprint density at radius 3 is 1.10 bits per heavy atom. The van der Waals surface area contributed by atoms with Crippen LogP contribution in [0, 0.1) is 0 Å². The smallest absolute Gasteiger partial charge is 0.349 e. The molecule has 0 aliphatic carbocycles. The Morgan fingerprint density at radius 1 is 0.586 bits per heavy atom. The van der Waals surface area contributed by atoms with Crippen molar-refractivity contribution in [2.75, 3.05) is 26.4 Å². The van der Waals surface area contributed by atoms with Gasteiger partial charge in [-0.3, -0.25) is 10.6 Å². The summed E-state index contributed by atoms with van der Waals surface area (Å²) in [5, 5.41) is 6.85. The molecule has 1 heterocycles. The van der Waals surface area contributed by atoms with E-state index >= 15 is 0 Å². The van der Waals surface area contributed by atoms with Crippen LogP contribution < -0.4 is 16.0 Å². The lowest BCUT2D eigenvalue weighted by Crippen LogP contribution is -2.51. The molecular weight excluding hydrogens is 390 g/mol. The maximum Gasteiger partial charge on any atom is 0.349 e. The Labute approximate surface area is 166 Å². The number of rotatable bonds is 8. The first kappa shape index (κ1) is 23.5. The predicted molar refractivity (Wildman–Crippen MR) is 95.4 cm³/mol. The molecule has 0 aromatic carbocycles. The average molecular weight is 413 g/mol. The van der Waals surface area contributed by atoms with Gasteiger partial charge in [0.05, 0.1) is 26.4 Å². The number of hydrogen-bond donors (Lipinski definition) is 3. The number of amides is 2. The molecule has 0 saturated carbocycles. The second-order valence-electron chi connectivity index (χ2n) is 5.09. The van der Waals surface area contributed by atoms with E-state index in [-0.39, 0.29) is 26.4 Å². The summed E-state index contributed by atoms with van der Waals surface area (Å²) in [6, 6.07) is -0.939. The summed E-state index contributed by atoms with van der Waals surface area (Å²) in [6.07, 6.45) is 0. The molecule has 0 spiro atoms. The Bertz CT molecular complexity index is 655. The Morgan fingerprint density at radius 2 is 0.862 bits per heavy atom. The quantitative estimate of drug-likeness (QED) is 0.157. The van der Waals surface area contributed by atoms with Crippen LogP contribution in [0.4, 0.5) is 4.79 Å². The fourth-order valence-corrected chi connectivity index (χ4v) is 2.08. The molecule has 0 aromatic heterocycles. The monoisotopic (exact) mass is 413 g/mol. The van der Waals surface area contributed by atoms with Gasteiger partial charge in [-0.05, 0) is 27.7 Å². The summed E-state index contributed by atoms with van der Waals surface area (Å²) in [4.78, 5) is 61.0. The highest BCUT2D eigenvalue weighted by Crippen LogP contribution is 2.14. The van der Waals surface area contributed by atoms with Crippen LogP contribution in [-0.2, 0) is 38.1 Å². The lowest BCUT2D eigenvalue weighted by atomic mass is 10.2. The van der Waals surface area contributed by atoms with Crippen molar-refractivity contribution in [2.24, 2.45) is 0 Å². The highest BCUT2D eigenvalue weighted by molar-refractivity contribution is 6.16. The van der Waals surface area contributed by atoms with Crippen molar-refractivity contribution >= 4 is 29.9 Å². The molecular formula is C17H23N3O9. The molecule has 0 atom stereocenters. The van der Waals surface area contributed by atoms with Gasteiger partial charge in [-0.15, -0.1) is 0 Å². The van der Waals surface area contributed by atoms with Crippen molar-refractivity contribution in [3.63, 3.8) is 0 Å². The van der Waals surface area contributed by atoms with E-state index in [0.717, 1.165) is 0 Å². The minimum Gasteiger partial charge on any atom is -0.462 e. The number of ether oxygens (including phenoxy) is 4. The minimum absolute atomic E-state index is 0.0547. The molecule has 0 unspecified atom stereocenters. The van der Waals surface area contributed by atoms with Crippen molar-refractivity contribution < 1.29 is 42.9 Å². The van der Waals surface area contributed by atoms with Crippen LogP contribution in [0.5, 0.6) is 0 Å². The zero-order chi connectivity index (χ0) is 22.0. The third kappa shape index (κ3) is 6.23. The molecule has 1 fully saturated rings. The first-order valence-electron chi connectivity index (χ1n) is 8.82. The number of urea groups is 1. The van der Waals surface area contributed by atoms with Crippen LogP contribution in [0.3, 0.4) is 0 Å². The summed E-state index contributed by atoms with van der Waals surface area (Å²) < 4.78 is 19.3. The molecule has 1 saturated heterocycles. The second kappa shape index (κ2) is 11.3. The van der Waals surface area contributed by atoms with Gasteiger partial charge >= 0.3 is 29.9 Å². The van der Waals surface area contributed by atoms with Gasteiger partial charge in [0.15, 0.2) is 11.1 Å². The van der Waals surface area contributed by atoms with E-state index < -0.39 is 52.7 Å². The minimum atomic E-state index is -1.08. The number of esters is 4. The molecule has 12 nitrogen and oxygen atoms in total. The summed E-state index contributed by atoms with van der Waals surface area (Å²) in [6.45, 7) is 5.86. The highest BCUT2D eigenvalue weighted by atomic mass is 16.6. The van der Waals surface area contributed by atoms with Crippen molar-refractivity contribution in [1.82, 2.24) is 16.0 Å².